The number of carbonyl (C=O) groups excluding carboxylic acids is 1. The minimum atomic E-state index is -1.08. The molecule has 2 fully saturated rings. The second-order valence-electron chi connectivity index (χ2n) is 9.78. The molecular weight excluding hydrogens is 484 g/mol. The van der Waals surface area contributed by atoms with E-state index in [4.69, 9.17) is 26.2 Å². The summed E-state index contributed by atoms with van der Waals surface area (Å²) in [6.45, 7) is 4.06. The average Bonchev–Trinajstić information content (AvgIpc) is 3.13. The number of carbonyl (C=O) groups is 2. The van der Waals surface area contributed by atoms with Crippen molar-refractivity contribution in [1.29, 1.82) is 0 Å². The Morgan fingerprint density at radius 2 is 2.11 bits per heavy atom. The van der Waals surface area contributed by atoms with Gasteiger partial charge in [-0.05, 0) is 69.2 Å². The van der Waals surface area contributed by atoms with Crippen LogP contribution in [0.5, 0.6) is 0 Å². The number of hydrogen-bond donors (Lipinski definition) is 4. The Balaban J connectivity index is 1.62. The number of carboxylic acid groups (broad SMARTS) is 1. The molecule has 0 bridgehead atoms. The topological polar surface area (TPSA) is 112 Å². The molecule has 1 aromatic rings. The zero-order chi connectivity index (χ0) is 25.8. The fourth-order valence-corrected chi connectivity index (χ4v) is 5.49. The van der Waals surface area contributed by atoms with Crippen LogP contribution < -0.4 is 16.0 Å². The molecule has 36 heavy (non-hydrogen) atoms. The summed E-state index contributed by atoms with van der Waals surface area (Å²) in [5.41, 5.74) is 0.939. The monoisotopic (exact) mass is 524 g/mol. The van der Waals surface area contributed by atoms with Gasteiger partial charge in [-0.25, -0.2) is 9.59 Å². The summed E-state index contributed by atoms with van der Waals surface area (Å²) in [5.74, 6) is 0.634. The molecule has 0 saturated carbocycles. The molecule has 4 N–H and O–H groups in total. The van der Waals surface area contributed by atoms with Crippen molar-refractivity contribution in [3.63, 3.8) is 0 Å². The highest BCUT2D eigenvalue weighted by atomic mass is 35.5. The Labute approximate surface area is 219 Å². The van der Waals surface area contributed by atoms with Crippen molar-refractivity contribution >= 4 is 23.7 Å². The van der Waals surface area contributed by atoms with Gasteiger partial charge in [0.2, 0.25) is 0 Å². The number of urea groups is 1. The number of benzene rings is 1. The SMILES string of the molecule is CNC[C@H](C[C@@H]1CCCOCC1)NC(=O)N1CCC[C@@H](C(OCCNC(=O)O)c2cccc(Cl)c2)C1. The van der Waals surface area contributed by atoms with Crippen LogP contribution in [0.1, 0.15) is 50.2 Å². The first-order valence-electron chi connectivity index (χ1n) is 13.1. The van der Waals surface area contributed by atoms with Gasteiger partial charge in [-0.3, -0.25) is 0 Å². The van der Waals surface area contributed by atoms with Crippen molar-refractivity contribution in [2.75, 3.05) is 53.0 Å². The molecule has 1 unspecified atom stereocenters. The minimum absolute atomic E-state index is 0.0396. The lowest BCUT2D eigenvalue weighted by Crippen LogP contribution is -2.52. The second kappa shape index (κ2) is 15.2. The number of nitrogens with zero attached hydrogens (tertiary/aromatic N) is 1. The van der Waals surface area contributed by atoms with E-state index in [2.05, 4.69) is 16.0 Å². The van der Waals surface area contributed by atoms with E-state index in [1.165, 1.54) is 0 Å². The minimum Gasteiger partial charge on any atom is -0.465 e. The predicted molar refractivity (Wildman–Crippen MR) is 139 cm³/mol. The van der Waals surface area contributed by atoms with Crippen molar-refractivity contribution in [2.45, 2.75) is 50.7 Å². The van der Waals surface area contributed by atoms with Crippen LogP contribution >= 0.6 is 11.6 Å². The maximum atomic E-state index is 13.3. The van der Waals surface area contributed by atoms with E-state index < -0.39 is 6.09 Å². The molecule has 202 valence electrons. The molecule has 2 aliphatic heterocycles. The van der Waals surface area contributed by atoms with Gasteiger partial charge in [-0.2, -0.15) is 0 Å². The summed E-state index contributed by atoms with van der Waals surface area (Å²) in [7, 11) is 1.92. The van der Waals surface area contributed by atoms with Crippen LogP contribution in [0.4, 0.5) is 9.59 Å². The van der Waals surface area contributed by atoms with E-state index in [0.29, 0.717) is 24.0 Å². The van der Waals surface area contributed by atoms with E-state index in [1.54, 1.807) is 0 Å². The highest BCUT2D eigenvalue weighted by Gasteiger charge is 2.32. The molecule has 2 saturated heterocycles. The van der Waals surface area contributed by atoms with Crippen LogP contribution in [0.25, 0.3) is 0 Å². The highest BCUT2D eigenvalue weighted by molar-refractivity contribution is 6.30. The van der Waals surface area contributed by atoms with Gasteiger partial charge in [0, 0.05) is 56.4 Å². The standard InChI is InChI=1S/C26H41ClN4O5/c1-28-17-23(15-19-5-4-12-35-13-9-19)30-25(32)31-11-3-7-21(18-31)24(36-14-10-29-26(33)34)20-6-2-8-22(27)16-20/h2,6,8,16,19,21,23-24,28-29H,3-5,7,9-15,17-18H2,1H3,(H,30,32)(H,33,34)/t19-,21-,23+,24?/m1/s1. The number of hydrogen-bond acceptors (Lipinski definition) is 5. The summed E-state index contributed by atoms with van der Waals surface area (Å²) in [6.07, 6.45) is 4.62. The lowest BCUT2D eigenvalue weighted by atomic mass is 9.88. The van der Waals surface area contributed by atoms with E-state index >= 15 is 0 Å². The molecule has 9 nitrogen and oxygen atoms in total. The molecule has 0 radical (unpaired) electrons. The Morgan fingerprint density at radius 3 is 2.89 bits per heavy atom. The summed E-state index contributed by atoms with van der Waals surface area (Å²) in [6, 6.07) is 7.58. The van der Waals surface area contributed by atoms with E-state index in [9.17, 15) is 9.59 Å². The van der Waals surface area contributed by atoms with Gasteiger partial charge in [0.05, 0.1) is 12.7 Å². The third kappa shape index (κ3) is 9.42. The Hall–Kier alpha value is -2.07. The van der Waals surface area contributed by atoms with Crippen molar-refractivity contribution in [2.24, 2.45) is 11.8 Å². The van der Waals surface area contributed by atoms with Crippen molar-refractivity contribution in [1.82, 2.24) is 20.9 Å². The smallest absolute Gasteiger partial charge is 0.404 e. The molecule has 2 aliphatic rings. The number of likely N-dealkylation sites (N-methyl/N-ethyl adjacent to an activating group) is 1. The van der Waals surface area contributed by atoms with E-state index in [1.807, 2.05) is 36.2 Å². The number of rotatable bonds is 11. The number of piperidine rings is 1. The second-order valence-corrected chi connectivity index (χ2v) is 10.2. The van der Waals surface area contributed by atoms with Gasteiger partial charge in [-0.1, -0.05) is 23.7 Å². The largest absolute Gasteiger partial charge is 0.465 e. The molecule has 0 aliphatic carbocycles. The molecule has 0 spiro atoms. The van der Waals surface area contributed by atoms with Gasteiger partial charge >= 0.3 is 12.1 Å². The van der Waals surface area contributed by atoms with Gasteiger partial charge in [-0.15, -0.1) is 0 Å². The summed E-state index contributed by atoms with van der Waals surface area (Å²) >= 11 is 6.25. The lowest BCUT2D eigenvalue weighted by Gasteiger charge is -2.38. The number of likely N-dealkylation sites (tertiary alicyclic amines) is 1. The zero-order valence-electron chi connectivity index (χ0n) is 21.2. The van der Waals surface area contributed by atoms with Crippen LogP contribution in [0.3, 0.4) is 0 Å². The third-order valence-electron chi connectivity index (χ3n) is 6.99. The van der Waals surface area contributed by atoms with Gasteiger partial charge in [0.1, 0.15) is 0 Å². The summed E-state index contributed by atoms with van der Waals surface area (Å²) < 4.78 is 11.8. The molecule has 10 heteroatoms. The zero-order valence-corrected chi connectivity index (χ0v) is 22.0. The first-order valence-corrected chi connectivity index (χ1v) is 13.5. The Morgan fingerprint density at radius 1 is 1.25 bits per heavy atom. The van der Waals surface area contributed by atoms with Gasteiger partial charge in [0.15, 0.2) is 0 Å². The summed E-state index contributed by atoms with van der Waals surface area (Å²) in [4.78, 5) is 26.0. The number of halogens is 1. The fourth-order valence-electron chi connectivity index (χ4n) is 5.29. The van der Waals surface area contributed by atoms with Crippen LogP contribution in [-0.2, 0) is 9.47 Å². The van der Waals surface area contributed by atoms with Gasteiger partial charge < -0.3 is 35.4 Å². The first kappa shape index (κ1) is 28.5. The van der Waals surface area contributed by atoms with E-state index in [-0.39, 0.29) is 37.2 Å². The van der Waals surface area contributed by atoms with Crippen molar-refractivity contribution in [3.8, 4) is 0 Å². The quantitative estimate of drug-likeness (QED) is 0.327. The lowest BCUT2D eigenvalue weighted by molar-refractivity contribution is -0.00850. The number of amides is 3. The van der Waals surface area contributed by atoms with Gasteiger partial charge in [0.25, 0.3) is 0 Å². The van der Waals surface area contributed by atoms with Crippen LogP contribution in [0.15, 0.2) is 24.3 Å². The normalized spacial score (nSPS) is 22.3. The van der Waals surface area contributed by atoms with E-state index in [0.717, 1.165) is 63.8 Å². The third-order valence-corrected chi connectivity index (χ3v) is 7.23. The predicted octanol–water partition coefficient (Wildman–Crippen LogP) is 3.88. The average molecular weight is 525 g/mol. The number of ether oxygens (including phenoxy) is 2. The Bertz CT molecular complexity index is 821. The molecular formula is C26H41ClN4O5. The van der Waals surface area contributed by atoms with Crippen molar-refractivity contribution in [3.05, 3.63) is 34.9 Å². The van der Waals surface area contributed by atoms with Crippen LogP contribution in [-0.4, -0.2) is 81.2 Å². The maximum Gasteiger partial charge on any atom is 0.404 e. The molecule has 3 amide bonds. The molecule has 0 aromatic heterocycles. The van der Waals surface area contributed by atoms with Crippen molar-refractivity contribution < 1.29 is 24.2 Å². The molecule has 4 atom stereocenters. The highest BCUT2D eigenvalue weighted by Crippen LogP contribution is 2.34. The summed E-state index contributed by atoms with van der Waals surface area (Å²) in [5, 5.41) is 18.3. The van der Waals surface area contributed by atoms with Crippen LogP contribution in [0, 0.1) is 11.8 Å². The Kier molecular flexibility index (Phi) is 12.1. The molecule has 3 rings (SSSR count). The van der Waals surface area contributed by atoms with Crippen LogP contribution in [0.2, 0.25) is 5.02 Å². The number of nitrogens with one attached hydrogen (secondary N) is 3. The maximum absolute atomic E-state index is 13.3. The molecule has 1 aromatic carbocycles. The fraction of sp³-hybridized carbons (Fsp3) is 0.692. The molecule has 2 heterocycles. The first-order chi connectivity index (χ1) is 17.5.